The molecule has 0 aromatic rings. The lowest BCUT2D eigenvalue weighted by atomic mass is 10.0. The number of aliphatic hydroxyl groups is 1. The fourth-order valence-corrected chi connectivity index (χ4v) is 2.71. The van der Waals surface area contributed by atoms with Crippen molar-refractivity contribution in [2.24, 2.45) is 5.92 Å². The maximum atomic E-state index is 11.8. The largest absolute Gasteiger partial charge is 0.396 e. The van der Waals surface area contributed by atoms with Crippen LogP contribution >= 0.6 is 11.8 Å². The van der Waals surface area contributed by atoms with Crippen molar-refractivity contribution >= 4 is 22.9 Å². The van der Waals surface area contributed by atoms with Crippen molar-refractivity contribution in [3.63, 3.8) is 0 Å². The lowest BCUT2D eigenvalue weighted by molar-refractivity contribution is -0.122. The van der Waals surface area contributed by atoms with Gasteiger partial charge in [0, 0.05) is 37.9 Å². The van der Waals surface area contributed by atoms with E-state index in [1.54, 1.807) is 4.90 Å². The molecule has 2 N–H and O–H groups in total. The summed E-state index contributed by atoms with van der Waals surface area (Å²) in [5, 5.41) is 11.9. The Hall–Kier alpha value is -0.750. The van der Waals surface area contributed by atoms with E-state index in [0.717, 1.165) is 12.3 Å². The van der Waals surface area contributed by atoms with Crippen LogP contribution in [0.5, 0.6) is 0 Å². The number of amides is 2. The Labute approximate surface area is 112 Å². The number of thioether (sulfide) groups is 1. The zero-order valence-electron chi connectivity index (χ0n) is 11.0. The molecule has 5 nitrogen and oxygen atoms in total. The smallest absolute Gasteiger partial charge is 0.281 e. The number of aliphatic hydroxyl groups excluding tert-OH is 1. The van der Waals surface area contributed by atoms with Crippen molar-refractivity contribution in [1.82, 2.24) is 10.2 Å². The first-order chi connectivity index (χ1) is 8.54. The molecule has 1 unspecified atom stereocenters. The Bertz CT molecular complexity index is 297. The Morgan fingerprint density at radius 2 is 2.28 bits per heavy atom. The molecule has 0 aliphatic carbocycles. The summed E-state index contributed by atoms with van der Waals surface area (Å²) in [5.74, 6) is 1.07. The van der Waals surface area contributed by atoms with Crippen LogP contribution in [-0.4, -0.2) is 52.6 Å². The van der Waals surface area contributed by atoms with Crippen molar-refractivity contribution in [1.29, 1.82) is 0 Å². The van der Waals surface area contributed by atoms with Crippen molar-refractivity contribution < 1.29 is 14.7 Å². The number of hydrogen-bond donors (Lipinski definition) is 2. The molecule has 0 bridgehead atoms. The third-order valence-corrected chi connectivity index (χ3v) is 3.94. The van der Waals surface area contributed by atoms with Gasteiger partial charge in [0.25, 0.3) is 5.24 Å². The van der Waals surface area contributed by atoms with Crippen LogP contribution in [0.2, 0.25) is 0 Å². The van der Waals surface area contributed by atoms with Gasteiger partial charge in [-0.25, -0.2) is 0 Å². The SMILES string of the molecule is CC(C)C(CCO)NC(=O)CCN1CCSC1=O. The van der Waals surface area contributed by atoms with Gasteiger partial charge in [-0.2, -0.15) is 0 Å². The van der Waals surface area contributed by atoms with Gasteiger partial charge in [0.1, 0.15) is 0 Å². The van der Waals surface area contributed by atoms with Crippen LogP contribution in [0.15, 0.2) is 0 Å². The predicted octanol–water partition coefficient (Wildman–Crippen LogP) is 1.07. The van der Waals surface area contributed by atoms with E-state index in [-0.39, 0.29) is 23.8 Å². The standard InChI is InChI=1S/C12H22N2O3S/c1-9(2)10(4-7-15)13-11(16)3-5-14-6-8-18-12(14)17/h9-10,15H,3-8H2,1-2H3,(H,13,16). The van der Waals surface area contributed by atoms with Gasteiger partial charge in [0.05, 0.1) is 0 Å². The maximum Gasteiger partial charge on any atom is 0.281 e. The average molecular weight is 274 g/mol. The highest BCUT2D eigenvalue weighted by Gasteiger charge is 2.22. The zero-order valence-corrected chi connectivity index (χ0v) is 11.8. The van der Waals surface area contributed by atoms with Crippen LogP contribution in [0.4, 0.5) is 4.79 Å². The molecule has 1 rings (SSSR count). The van der Waals surface area contributed by atoms with Crippen LogP contribution in [0, 0.1) is 5.92 Å². The van der Waals surface area contributed by atoms with Crippen LogP contribution in [0.1, 0.15) is 26.7 Å². The first-order valence-electron chi connectivity index (χ1n) is 6.36. The molecule has 104 valence electrons. The monoisotopic (exact) mass is 274 g/mol. The van der Waals surface area contributed by atoms with Crippen molar-refractivity contribution in [3.8, 4) is 0 Å². The summed E-state index contributed by atoms with van der Waals surface area (Å²) < 4.78 is 0. The van der Waals surface area contributed by atoms with Crippen molar-refractivity contribution in [2.75, 3.05) is 25.4 Å². The molecule has 6 heteroatoms. The second kappa shape index (κ2) is 7.63. The highest BCUT2D eigenvalue weighted by atomic mass is 32.2. The fraction of sp³-hybridized carbons (Fsp3) is 0.833. The normalized spacial score (nSPS) is 17.3. The van der Waals surface area contributed by atoms with Gasteiger partial charge < -0.3 is 15.3 Å². The van der Waals surface area contributed by atoms with E-state index in [4.69, 9.17) is 5.11 Å². The molecule has 1 atom stereocenters. The molecule has 1 heterocycles. The summed E-state index contributed by atoms with van der Waals surface area (Å²) in [4.78, 5) is 24.8. The minimum atomic E-state index is -0.0492. The number of nitrogens with zero attached hydrogens (tertiary/aromatic N) is 1. The van der Waals surface area contributed by atoms with Crippen LogP contribution in [0.3, 0.4) is 0 Å². The molecule has 1 aliphatic heterocycles. The summed E-state index contributed by atoms with van der Waals surface area (Å²) >= 11 is 1.31. The lowest BCUT2D eigenvalue weighted by Gasteiger charge is -2.22. The topological polar surface area (TPSA) is 69.6 Å². The van der Waals surface area contributed by atoms with Crippen LogP contribution < -0.4 is 5.32 Å². The molecule has 0 aromatic carbocycles. The number of carbonyl (C=O) groups excluding carboxylic acids is 2. The predicted molar refractivity (Wildman–Crippen MR) is 72.5 cm³/mol. The number of nitrogens with one attached hydrogen (secondary N) is 1. The van der Waals surface area contributed by atoms with Gasteiger partial charge in [0.2, 0.25) is 5.91 Å². The summed E-state index contributed by atoms with van der Waals surface area (Å²) in [5.41, 5.74) is 0. The Balaban J connectivity index is 2.29. The average Bonchev–Trinajstić information content (AvgIpc) is 2.71. The fourth-order valence-electron chi connectivity index (χ4n) is 1.86. The summed E-state index contributed by atoms with van der Waals surface area (Å²) in [6.45, 7) is 5.33. The van der Waals surface area contributed by atoms with Crippen molar-refractivity contribution in [2.45, 2.75) is 32.7 Å². The molecule has 0 radical (unpaired) electrons. The van der Waals surface area contributed by atoms with Crippen LogP contribution in [-0.2, 0) is 4.79 Å². The summed E-state index contributed by atoms with van der Waals surface area (Å²) in [6, 6.07) is 0.00570. The Morgan fingerprint density at radius 1 is 1.56 bits per heavy atom. The quantitative estimate of drug-likeness (QED) is 0.728. The van der Waals surface area contributed by atoms with Gasteiger partial charge >= 0.3 is 0 Å². The molecule has 1 aliphatic rings. The molecular formula is C12H22N2O3S. The van der Waals surface area contributed by atoms with Gasteiger partial charge in [-0.15, -0.1) is 0 Å². The molecule has 1 saturated heterocycles. The van der Waals surface area contributed by atoms with Crippen LogP contribution in [0.25, 0.3) is 0 Å². The molecule has 0 aromatic heterocycles. The number of carbonyl (C=O) groups is 2. The first-order valence-corrected chi connectivity index (χ1v) is 7.35. The lowest BCUT2D eigenvalue weighted by Crippen LogP contribution is -2.40. The van der Waals surface area contributed by atoms with E-state index in [0.29, 0.717) is 25.3 Å². The second-order valence-electron chi connectivity index (χ2n) is 4.78. The first kappa shape index (κ1) is 15.3. The number of hydrogen-bond acceptors (Lipinski definition) is 4. The molecular weight excluding hydrogens is 252 g/mol. The van der Waals surface area contributed by atoms with Gasteiger partial charge in [-0.05, 0) is 12.3 Å². The van der Waals surface area contributed by atoms with Gasteiger partial charge in [0.15, 0.2) is 0 Å². The third-order valence-electron chi connectivity index (χ3n) is 3.04. The minimum absolute atomic E-state index is 0.00570. The Morgan fingerprint density at radius 3 is 2.78 bits per heavy atom. The molecule has 0 spiro atoms. The summed E-state index contributed by atoms with van der Waals surface area (Å²) in [7, 11) is 0. The van der Waals surface area contributed by atoms with Gasteiger partial charge in [-0.1, -0.05) is 25.6 Å². The van der Waals surface area contributed by atoms with E-state index >= 15 is 0 Å². The maximum absolute atomic E-state index is 11.8. The highest BCUT2D eigenvalue weighted by Crippen LogP contribution is 2.17. The third kappa shape index (κ3) is 4.86. The zero-order chi connectivity index (χ0) is 13.5. The van der Waals surface area contributed by atoms with Crippen molar-refractivity contribution in [3.05, 3.63) is 0 Å². The van der Waals surface area contributed by atoms with E-state index in [1.165, 1.54) is 11.8 Å². The highest BCUT2D eigenvalue weighted by molar-refractivity contribution is 8.13. The minimum Gasteiger partial charge on any atom is -0.396 e. The van der Waals surface area contributed by atoms with E-state index in [2.05, 4.69) is 5.32 Å². The van der Waals surface area contributed by atoms with E-state index in [1.807, 2.05) is 13.8 Å². The van der Waals surface area contributed by atoms with E-state index in [9.17, 15) is 9.59 Å². The molecule has 1 fully saturated rings. The second-order valence-corrected chi connectivity index (χ2v) is 5.83. The molecule has 18 heavy (non-hydrogen) atoms. The molecule has 2 amide bonds. The Kier molecular flexibility index (Phi) is 6.49. The number of rotatable bonds is 7. The molecule has 0 saturated carbocycles. The van der Waals surface area contributed by atoms with E-state index < -0.39 is 0 Å². The van der Waals surface area contributed by atoms with Gasteiger partial charge in [-0.3, -0.25) is 9.59 Å². The summed E-state index contributed by atoms with van der Waals surface area (Å²) in [6.07, 6.45) is 0.906.